The van der Waals surface area contributed by atoms with Crippen molar-refractivity contribution in [3.05, 3.63) is 34.9 Å². The summed E-state index contributed by atoms with van der Waals surface area (Å²) >= 11 is 0. The van der Waals surface area contributed by atoms with E-state index >= 15 is 0 Å². The Morgan fingerprint density at radius 1 is 1.22 bits per heavy atom. The van der Waals surface area contributed by atoms with Crippen molar-refractivity contribution in [3.63, 3.8) is 0 Å². The van der Waals surface area contributed by atoms with Crippen molar-refractivity contribution < 1.29 is 14.4 Å². The molecule has 122 valence electrons. The van der Waals surface area contributed by atoms with Crippen molar-refractivity contribution in [2.45, 2.75) is 32.2 Å². The quantitative estimate of drug-likeness (QED) is 0.841. The fourth-order valence-corrected chi connectivity index (χ4v) is 3.35. The molecule has 0 bridgehead atoms. The van der Waals surface area contributed by atoms with Crippen molar-refractivity contribution in [3.8, 4) is 0 Å². The van der Waals surface area contributed by atoms with Crippen LogP contribution in [0, 0.1) is 6.92 Å². The summed E-state index contributed by atoms with van der Waals surface area (Å²) in [6.45, 7) is 2.71. The van der Waals surface area contributed by atoms with E-state index in [1.807, 2.05) is 6.92 Å². The number of nitrogens with two attached hydrogens (primary N) is 1. The number of carbonyl (C=O) groups is 3. The van der Waals surface area contributed by atoms with Crippen LogP contribution in [0.1, 0.15) is 45.5 Å². The van der Waals surface area contributed by atoms with Crippen LogP contribution in [-0.2, 0) is 4.79 Å². The van der Waals surface area contributed by atoms with Gasteiger partial charge in [-0.3, -0.25) is 19.3 Å². The first-order chi connectivity index (χ1) is 11.0. The smallest absolute Gasteiger partial charge is 0.262 e. The second-order valence-corrected chi connectivity index (χ2v) is 6.22. The molecule has 0 saturated carbocycles. The normalized spacial score (nSPS) is 20.9. The summed E-state index contributed by atoms with van der Waals surface area (Å²) < 4.78 is 0. The highest BCUT2D eigenvalue weighted by molar-refractivity contribution is 6.22. The Balaban J connectivity index is 1.77. The van der Waals surface area contributed by atoms with E-state index < -0.39 is 0 Å². The Labute approximate surface area is 135 Å². The molecular formula is C17H21N3O3. The van der Waals surface area contributed by atoms with Crippen LogP contribution in [0.3, 0.4) is 0 Å². The van der Waals surface area contributed by atoms with Gasteiger partial charge in [-0.1, -0.05) is 11.6 Å². The maximum atomic E-state index is 12.6. The van der Waals surface area contributed by atoms with Crippen LogP contribution in [-0.4, -0.2) is 53.2 Å². The molecule has 0 aliphatic carbocycles. The number of hydrogen-bond donors (Lipinski definition) is 1. The molecule has 6 nitrogen and oxygen atoms in total. The first-order valence-electron chi connectivity index (χ1n) is 7.99. The van der Waals surface area contributed by atoms with Gasteiger partial charge in [0, 0.05) is 19.1 Å². The van der Waals surface area contributed by atoms with Crippen molar-refractivity contribution >= 4 is 17.7 Å². The molecule has 2 aliphatic rings. The number of rotatable bonds is 3. The molecule has 2 heterocycles. The second-order valence-electron chi connectivity index (χ2n) is 6.22. The highest BCUT2D eigenvalue weighted by Crippen LogP contribution is 2.24. The molecule has 1 aromatic carbocycles. The predicted molar refractivity (Wildman–Crippen MR) is 85.0 cm³/mol. The van der Waals surface area contributed by atoms with Gasteiger partial charge in [0.15, 0.2) is 0 Å². The molecule has 1 saturated heterocycles. The van der Waals surface area contributed by atoms with Crippen LogP contribution < -0.4 is 5.73 Å². The minimum Gasteiger partial charge on any atom is -0.337 e. The van der Waals surface area contributed by atoms with E-state index in [-0.39, 0.29) is 30.3 Å². The summed E-state index contributed by atoms with van der Waals surface area (Å²) in [4.78, 5) is 40.2. The number of likely N-dealkylation sites (tertiary alicyclic amines) is 1. The van der Waals surface area contributed by atoms with Crippen molar-refractivity contribution in [2.75, 3.05) is 19.6 Å². The van der Waals surface area contributed by atoms with E-state index in [1.54, 1.807) is 23.1 Å². The second kappa shape index (κ2) is 6.12. The molecule has 0 aromatic heterocycles. The average molecular weight is 315 g/mol. The van der Waals surface area contributed by atoms with Gasteiger partial charge in [0.05, 0.1) is 11.1 Å². The molecule has 1 fully saturated rings. The molecule has 2 N–H and O–H groups in total. The molecule has 3 amide bonds. The Morgan fingerprint density at radius 3 is 2.70 bits per heavy atom. The van der Waals surface area contributed by atoms with Crippen LogP contribution in [0.2, 0.25) is 0 Å². The summed E-state index contributed by atoms with van der Waals surface area (Å²) in [5, 5.41) is 0. The van der Waals surface area contributed by atoms with Gasteiger partial charge in [0.25, 0.3) is 11.8 Å². The number of aryl methyl sites for hydroxylation is 1. The SMILES string of the molecule is Cc1ccc2c(c1)C(=O)N(CC(=O)N1CCCCC1CN)C2=O. The fraction of sp³-hybridized carbons (Fsp3) is 0.471. The maximum absolute atomic E-state index is 12.6. The number of piperidine rings is 1. The third-order valence-electron chi connectivity index (χ3n) is 4.64. The Kier molecular flexibility index (Phi) is 4.17. The number of carbonyl (C=O) groups excluding carboxylic acids is 3. The minimum atomic E-state index is -0.389. The number of benzene rings is 1. The number of hydrogen-bond acceptors (Lipinski definition) is 4. The Bertz CT molecular complexity index is 671. The van der Waals surface area contributed by atoms with E-state index in [9.17, 15) is 14.4 Å². The summed E-state index contributed by atoms with van der Waals surface area (Å²) in [7, 11) is 0. The van der Waals surface area contributed by atoms with Gasteiger partial charge in [0.1, 0.15) is 6.54 Å². The lowest BCUT2D eigenvalue weighted by molar-refractivity contribution is -0.134. The zero-order chi connectivity index (χ0) is 16.6. The molecule has 6 heteroatoms. The summed E-state index contributed by atoms with van der Waals surface area (Å²) in [5.74, 6) is -0.977. The standard InChI is InChI=1S/C17H21N3O3/c1-11-5-6-13-14(8-11)17(23)20(16(13)22)10-15(21)19-7-3-2-4-12(19)9-18/h5-6,8,12H,2-4,7,9-10,18H2,1H3. The van der Waals surface area contributed by atoms with E-state index in [4.69, 9.17) is 5.73 Å². The molecule has 0 spiro atoms. The van der Waals surface area contributed by atoms with Crippen molar-refractivity contribution in [1.29, 1.82) is 0 Å². The topological polar surface area (TPSA) is 83.7 Å². The minimum absolute atomic E-state index is 0.00803. The molecule has 2 aliphatic heterocycles. The lowest BCUT2D eigenvalue weighted by atomic mass is 10.0. The van der Waals surface area contributed by atoms with Gasteiger partial charge in [-0.25, -0.2) is 0 Å². The van der Waals surface area contributed by atoms with Crippen LogP contribution in [0.4, 0.5) is 0 Å². The van der Waals surface area contributed by atoms with Gasteiger partial charge in [-0.15, -0.1) is 0 Å². The van der Waals surface area contributed by atoms with Gasteiger partial charge < -0.3 is 10.6 Å². The zero-order valence-electron chi connectivity index (χ0n) is 13.2. The van der Waals surface area contributed by atoms with Crippen LogP contribution in [0.25, 0.3) is 0 Å². The zero-order valence-corrected chi connectivity index (χ0v) is 13.2. The molecular weight excluding hydrogens is 294 g/mol. The summed E-state index contributed by atoms with van der Waals surface area (Å²) in [6.07, 6.45) is 2.87. The van der Waals surface area contributed by atoms with Gasteiger partial charge in [-0.2, -0.15) is 0 Å². The maximum Gasteiger partial charge on any atom is 0.262 e. The molecule has 3 rings (SSSR count). The van der Waals surface area contributed by atoms with Crippen LogP contribution in [0.5, 0.6) is 0 Å². The van der Waals surface area contributed by atoms with Gasteiger partial charge >= 0.3 is 0 Å². The molecule has 1 aromatic rings. The highest BCUT2D eigenvalue weighted by atomic mass is 16.2. The van der Waals surface area contributed by atoms with Crippen molar-refractivity contribution in [1.82, 2.24) is 9.80 Å². The summed E-state index contributed by atoms with van der Waals surface area (Å²) in [6, 6.07) is 5.15. The Hall–Kier alpha value is -2.21. The van der Waals surface area contributed by atoms with E-state index in [2.05, 4.69) is 0 Å². The van der Waals surface area contributed by atoms with Gasteiger partial charge in [0.2, 0.25) is 5.91 Å². The van der Waals surface area contributed by atoms with Gasteiger partial charge in [-0.05, 0) is 38.3 Å². The van der Waals surface area contributed by atoms with E-state index in [1.165, 1.54) is 0 Å². The number of nitrogens with zero attached hydrogens (tertiary/aromatic N) is 2. The predicted octanol–water partition coefficient (Wildman–Crippen LogP) is 0.931. The van der Waals surface area contributed by atoms with E-state index in [0.29, 0.717) is 24.2 Å². The van der Waals surface area contributed by atoms with Crippen molar-refractivity contribution in [2.24, 2.45) is 5.73 Å². The number of imide groups is 1. The molecule has 1 atom stereocenters. The fourth-order valence-electron chi connectivity index (χ4n) is 3.35. The van der Waals surface area contributed by atoms with E-state index in [0.717, 1.165) is 29.7 Å². The first kappa shape index (κ1) is 15.7. The van der Waals surface area contributed by atoms with Crippen LogP contribution in [0.15, 0.2) is 18.2 Å². The number of fused-ring (bicyclic) bond motifs is 1. The average Bonchev–Trinajstić information content (AvgIpc) is 2.79. The summed E-state index contributed by atoms with van der Waals surface area (Å²) in [5.41, 5.74) is 7.42. The highest BCUT2D eigenvalue weighted by Gasteiger charge is 2.38. The lowest BCUT2D eigenvalue weighted by Gasteiger charge is -2.35. The molecule has 23 heavy (non-hydrogen) atoms. The number of amides is 3. The lowest BCUT2D eigenvalue weighted by Crippen LogP contribution is -2.51. The monoisotopic (exact) mass is 315 g/mol. The van der Waals surface area contributed by atoms with Crippen LogP contribution >= 0.6 is 0 Å². The largest absolute Gasteiger partial charge is 0.337 e. The molecule has 1 unspecified atom stereocenters. The third-order valence-corrected chi connectivity index (χ3v) is 4.64. The first-order valence-corrected chi connectivity index (χ1v) is 7.99. The Morgan fingerprint density at radius 2 is 1.96 bits per heavy atom. The third kappa shape index (κ3) is 2.74. The molecule has 0 radical (unpaired) electrons.